The smallest absolute Gasteiger partial charge is 0.265 e. The van der Waals surface area contributed by atoms with Gasteiger partial charge >= 0.3 is 0 Å². The molecular weight excluding hydrogens is 280 g/mol. The van der Waals surface area contributed by atoms with Crippen LogP contribution in [0, 0.1) is 5.92 Å². The zero-order valence-electron chi connectivity index (χ0n) is 12.5. The first-order valence-electron chi connectivity index (χ1n) is 7.63. The average molecular weight is 300 g/mol. The summed E-state index contributed by atoms with van der Waals surface area (Å²) in [7, 11) is 0. The zero-order chi connectivity index (χ0) is 15.5. The van der Waals surface area contributed by atoms with E-state index in [2.05, 4.69) is 11.9 Å². The summed E-state index contributed by atoms with van der Waals surface area (Å²) in [5.41, 5.74) is 1.31. The standard InChI is InChI=1S/C17H20N2O3/c1-2-9-19-14-10-13(3-4-15(14)22-11-16(19)20)17(21)12-5-7-18-8-6-12/h2-4,10,12,18H,1,5-9,11H2. The van der Waals surface area contributed by atoms with Gasteiger partial charge in [0.15, 0.2) is 12.4 Å². The van der Waals surface area contributed by atoms with Crippen LogP contribution in [0.5, 0.6) is 5.75 Å². The van der Waals surface area contributed by atoms with Crippen molar-refractivity contribution in [3.8, 4) is 5.75 Å². The minimum atomic E-state index is -0.112. The van der Waals surface area contributed by atoms with Gasteiger partial charge in [0.2, 0.25) is 0 Å². The van der Waals surface area contributed by atoms with E-state index in [1.807, 2.05) is 0 Å². The highest BCUT2D eigenvalue weighted by atomic mass is 16.5. The quantitative estimate of drug-likeness (QED) is 0.680. The number of rotatable bonds is 4. The van der Waals surface area contributed by atoms with Crippen LogP contribution in [0.4, 0.5) is 5.69 Å². The van der Waals surface area contributed by atoms with Crippen molar-refractivity contribution in [1.82, 2.24) is 5.32 Å². The van der Waals surface area contributed by atoms with Crippen LogP contribution in [0.15, 0.2) is 30.9 Å². The summed E-state index contributed by atoms with van der Waals surface area (Å²) in [4.78, 5) is 26.2. The van der Waals surface area contributed by atoms with Gasteiger partial charge in [-0.2, -0.15) is 0 Å². The van der Waals surface area contributed by atoms with Gasteiger partial charge in [-0.3, -0.25) is 9.59 Å². The number of nitrogens with one attached hydrogen (secondary N) is 1. The number of piperidine rings is 1. The van der Waals surface area contributed by atoms with Crippen molar-refractivity contribution in [2.24, 2.45) is 5.92 Å². The van der Waals surface area contributed by atoms with E-state index in [0.717, 1.165) is 25.9 Å². The second-order valence-electron chi connectivity index (χ2n) is 5.65. The van der Waals surface area contributed by atoms with Crippen molar-refractivity contribution in [3.63, 3.8) is 0 Å². The van der Waals surface area contributed by atoms with Crippen LogP contribution in [0.25, 0.3) is 0 Å². The monoisotopic (exact) mass is 300 g/mol. The van der Waals surface area contributed by atoms with Gasteiger partial charge < -0.3 is 15.0 Å². The largest absolute Gasteiger partial charge is 0.482 e. The molecule has 1 saturated heterocycles. The van der Waals surface area contributed by atoms with Crippen LogP contribution in [0.3, 0.4) is 0 Å². The molecule has 1 aromatic rings. The Balaban J connectivity index is 1.89. The molecule has 116 valence electrons. The molecule has 1 amide bonds. The van der Waals surface area contributed by atoms with E-state index in [0.29, 0.717) is 23.5 Å². The summed E-state index contributed by atoms with van der Waals surface area (Å²) in [5.74, 6) is 0.746. The van der Waals surface area contributed by atoms with Gasteiger partial charge in [-0.05, 0) is 44.1 Å². The van der Waals surface area contributed by atoms with Crippen molar-refractivity contribution >= 4 is 17.4 Å². The minimum absolute atomic E-state index is 0.0302. The molecular formula is C17H20N2O3. The van der Waals surface area contributed by atoms with Crippen LogP contribution < -0.4 is 15.0 Å². The maximum Gasteiger partial charge on any atom is 0.265 e. The van der Waals surface area contributed by atoms with Crippen LogP contribution in [-0.2, 0) is 4.79 Å². The van der Waals surface area contributed by atoms with E-state index in [1.165, 1.54) is 0 Å². The first-order chi connectivity index (χ1) is 10.7. The van der Waals surface area contributed by atoms with Gasteiger partial charge in [-0.25, -0.2) is 0 Å². The molecule has 1 aromatic carbocycles. The maximum atomic E-state index is 12.6. The van der Waals surface area contributed by atoms with Gasteiger partial charge in [0.25, 0.3) is 5.91 Å². The van der Waals surface area contributed by atoms with E-state index in [9.17, 15) is 9.59 Å². The third-order valence-electron chi connectivity index (χ3n) is 4.21. The molecule has 0 saturated carbocycles. The number of hydrogen-bond donors (Lipinski definition) is 1. The number of ether oxygens (including phenoxy) is 1. The van der Waals surface area contributed by atoms with Crippen molar-refractivity contribution < 1.29 is 14.3 Å². The van der Waals surface area contributed by atoms with Crippen LogP contribution in [0.1, 0.15) is 23.2 Å². The molecule has 22 heavy (non-hydrogen) atoms. The first-order valence-corrected chi connectivity index (χ1v) is 7.63. The number of anilines is 1. The molecule has 3 rings (SSSR count). The Bertz CT molecular complexity index is 606. The van der Waals surface area contributed by atoms with Gasteiger partial charge in [-0.15, -0.1) is 6.58 Å². The topological polar surface area (TPSA) is 58.6 Å². The summed E-state index contributed by atoms with van der Waals surface area (Å²) in [6.07, 6.45) is 3.40. The molecule has 0 atom stereocenters. The molecule has 5 heteroatoms. The van der Waals surface area contributed by atoms with Crippen LogP contribution >= 0.6 is 0 Å². The first kappa shape index (κ1) is 14.8. The fourth-order valence-corrected chi connectivity index (χ4v) is 3.00. The van der Waals surface area contributed by atoms with E-state index in [1.54, 1.807) is 29.2 Å². The lowest BCUT2D eigenvalue weighted by molar-refractivity contribution is -0.121. The number of ketones is 1. The number of amides is 1. The van der Waals surface area contributed by atoms with Crippen molar-refractivity contribution in [2.75, 3.05) is 31.1 Å². The molecule has 0 aromatic heterocycles. The fourth-order valence-electron chi connectivity index (χ4n) is 3.00. The second-order valence-corrected chi connectivity index (χ2v) is 5.65. The minimum Gasteiger partial charge on any atom is -0.482 e. The molecule has 2 aliphatic heterocycles. The Morgan fingerprint density at radius 1 is 1.41 bits per heavy atom. The second kappa shape index (κ2) is 6.32. The fraction of sp³-hybridized carbons (Fsp3) is 0.412. The van der Waals surface area contributed by atoms with Gasteiger partial charge in [-0.1, -0.05) is 6.08 Å². The molecule has 2 aliphatic rings. The Hall–Kier alpha value is -2.14. The average Bonchev–Trinajstić information content (AvgIpc) is 2.57. The number of Topliss-reactive ketones (excluding diaryl/α,β-unsaturated/α-hetero) is 1. The Kier molecular flexibility index (Phi) is 4.24. The van der Waals surface area contributed by atoms with E-state index in [-0.39, 0.29) is 24.2 Å². The summed E-state index contributed by atoms with van der Waals surface area (Å²) >= 11 is 0. The predicted molar refractivity (Wildman–Crippen MR) is 84.4 cm³/mol. The number of benzene rings is 1. The van der Waals surface area contributed by atoms with Crippen molar-refractivity contribution in [1.29, 1.82) is 0 Å². The predicted octanol–water partition coefficient (Wildman–Crippen LogP) is 1.78. The lowest BCUT2D eigenvalue weighted by Gasteiger charge is -2.29. The Morgan fingerprint density at radius 2 is 2.18 bits per heavy atom. The van der Waals surface area contributed by atoms with Gasteiger partial charge in [0, 0.05) is 18.0 Å². The van der Waals surface area contributed by atoms with E-state index < -0.39 is 0 Å². The molecule has 0 unspecified atom stereocenters. The SMILES string of the molecule is C=CCN1C(=O)COc2ccc(C(=O)C3CCNCC3)cc21. The molecule has 1 N–H and O–H groups in total. The van der Waals surface area contributed by atoms with E-state index >= 15 is 0 Å². The molecule has 0 spiro atoms. The maximum absolute atomic E-state index is 12.6. The molecule has 0 radical (unpaired) electrons. The summed E-state index contributed by atoms with van der Waals surface area (Å²) in [5, 5.41) is 3.26. The molecule has 5 nitrogen and oxygen atoms in total. The number of carbonyl (C=O) groups is 2. The number of hydrogen-bond acceptors (Lipinski definition) is 4. The summed E-state index contributed by atoms with van der Waals surface area (Å²) < 4.78 is 5.45. The third-order valence-corrected chi connectivity index (χ3v) is 4.21. The van der Waals surface area contributed by atoms with Crippen molar-refractivity contribution in [2.45, 2.75) is 12.8 Å². The number of carbonyl (C=O) groups excluding carboxylic acids is 2. The molecule has 1 fully saturated rings. The van der Waals surface area contributed by atoms with Crippen molar-refractivity contribution in [3.05, 3.63) is 36.4 Å². The highest BCUT2D eigenvalue weighted by molar-refractivity contribution is 6.02. The lowest BCUT2D eigenvalue weighted by Crippen LogP contribution is -2.39. The molecule has 0 aliphatic carbocycles. The highest BCUT2D eigenvalue weighted by Gasteiger charge is 2.27. The molecule has 0 bridgehead atoms. The Morgan fingerprint density at radius 3 is 2.91 bits per heavy atom. The highest BCUT2D eigenvalue weighted by Crippen LogP contribution is 2.34. The van der Waals surface area contributed by atoms with Gasteiger partial charge in [0.05, 0.1) is 5.69 Å². The third kappa shape index (κ3) is 2.76. The van der Waals surface area contributed by atoms with Crippen LogP contribution in [-0.4, -0.2) is 37.9 Å². The van der Waals surface area contributed by atoms with Gasteiger partial charge in [0.1, 0.15) is 5.75 Å². The number of nitrogens with zero attached hydrogens (tertiary/aromatic N) is 1. The Labute approximate surface area is 129 Å². The normalized spacial score (nSPS) is 18.5. The summed E-state index contributed by atoms with van der Waals surface area (Å²) in [6, 6.07) is 5.36. The number of fused-ring (bicyclic) bond motifs is 1. The zero-order valence-corrected chi connectivity index (χ0v) is 12.5. The van der Waals surface area contributed by atoms with E-state index in [4.69, 9.17) is 4.74 Å². The molecule has 2 heterocycles. The van der Waals surface area contributed by atoms with Crippen LogP contribution in [0.2, 0.25) is 0 Å². The lowest BCUT2D eigenvalue weighted by atomic mass is 9.89. The summed E-state index contributed by atoms with van der Waals surface area (Å²) in [6.45, 7) is 5.89.